The topological polar surface area (TPSA) is 24.9 Å². The van der Waals surface area contributed by atoms with Crippen molar-refractivity contribution in [3.05, 3.63) is 16.1 Å². The first-order valence-electron chi connectivity index (χ1n) is 4.88. The summed E-state index contributed by atoms with van der Waals surface area (Å²) < 4.78 is 0. The molecule has 14 heavy (non-hydrogen) atoms. The minimum absolute atomic E-state index is 0.864. The quantitative estimate of drug-likeness (QED) is 0.571. The lowest BCUT2D eigenvalue weighted by atomic mass is 10.3. The van der Waals surface area contributed by atoms with Gasteiger partial charge in [0, 0.05) is 24.8 Å². The molecule has 0 aromatic carbocycles. The summed E-state index contributed by atoms with van der Waals surface area (Å²) in [6.07, 6.45) is 8.09. The number of rotatable bonds is 6. The van der Waals surface area contributed by atoms with Crippen LogP contribution in [0, 0.1) is 19.3 Å². The predicted molar refractivity (Wildman–Crippen MR) is 61.5 cm³/mol. The second-order valence-electron chi connectivity index (χ2n) is 3.17. The number of hydrogen-bond acceptors (Lipinski definition) is 3. The summed E-state index contributed by atoms with van der Waals surface area (Å²) in [6, 6.07) is 0. The van der Waals surface area contributed by atoms with Crippen molar-refractivity contribution in [2.45, 2.75) is 26.2 Å². The molecular weight excluding hydrogens is 192 g/mol. The van der Waals surface area contributed by atoms with Gasteiger partial charge in [-0.05, 0) is 19.9 Å². The molecular formula is C11H16N2S. The van der Waals surface area contributed by atoms with E-state index in [0.29, 0.717) is 0 Å². The Labute approximate surface area is 89.8 Å². The van der Waals surface area contributed by atoms with E-state index in [-0.39, 0.29) is 0 Å². The van der Waals surface area contributed by atoms with E-state index < -0.39 is 0 Å². The second-order valence-corrected chi connectivity index (χ2v) is 4.23. The normalized spacial score (nSPS) is 10.0. The first-order valence-corrected chi connectivity index (χ1v) is 5.76. The second kappa shape index (κ2) is 6.58. The summed E-state index contributed by atoms with van der Waals surface area (Å²) in [7, 11) is 0. The van der Waals surface area contributed by atoms with Crippen molar-refractivity contribution in [3.8, 4) is 12.3 Å². The molecule has 0 spiro atoms. The van der Waals surface area contributed by atoms with Crippen LogP contribution < -0.4 is 5.32 Å². The van der Waals surface area contributed by atoms with Crippen LogP contribution in [0.2, 0.25) is 0 Å². The van der Waals surface area contributed by atoms with Crippen LogP contribution in [0.5, 0.6) is 0 Å². The maximum atomic E-state index is 5.15. The van der Waals surface area contributed by atoms with E-state index in [1.165, 1.54) is 5.69 Å². The van der Waals surface area contributed by atoms with Gasteiger partial charge in [0.15, 0.2) is 0 Å². The molecule has 1 aromatic heterocycles. The average Bonchev–Trinajstić information content (AvgIpc) is 2.58. The van der Waals surface area contributed by atoms with E-state index >= 15 is 0 Å². The zero-order valence-electron chi connectivity index (χ0n) is 8.55. The molecule has 0 aliphatic carbocycles. The Balaban J connectivity index is 2.02. The molecule has 0 saturated heterocycles. The third-order valence-electron chi connectivity index (χ3n) is 1.90. The van der Waals surface area contributed by atoms with Gasteiger partial charge in [-0.1, -0.05) is 0 Å². The van der Waals surface area contributed by atoms with Crippen LogP contribution in [0.15, 0.2) is 5.38 Å². The highest BCUT2D eigenvalue weighted by molar-refractivity contribution is 7.09. The van der Waals surface area contributed by atoms with Gasteiger partial charge < -0.3 is 5.32 Å². The van der Waals surface area contributed by atoms with E-state index in [9.17, 15) is 0 Å². The van der Waals surface area contributed by atoms with Crippen molar-refractivity contribution in [3.63, 3.8) is 0 Å². The van der Waals surface area contributed by atoms with Crippen LogP contribution in [0.3, 0.4) is 0 Å². The van der Waals surface area contributed by atoms with E-state index in [0.717, 1.165) is 37.4 Å². The summed E-state index contributed by atoms with van der Waals surface area (Å²) >= 11 is 1.71. The smallest absolute Gasteiger partial charge is 0.0897 e. The molecule has 2 nitrogen and oxygen atoms in total. The van der Waals surface area contributed by atoms with Crippen LogP contribution in [0.4, 0.5) is 0 Å². The summed E-state index contributed by atoms with van der Waals surface area (Å²) in [5.41, 5.74) is 1.19. The Hall–Kier alpha value is -0.850. The van der Waals surface area contributed by atoms with Gasteiger partial charge in [0.1, 0.15) is 0 Å². The molecule has 0 atom stereocenters. The zero-order chi connectivity index (χ0) is 10.2. The van der Waals surface area contributed by atoms with Gasteiger partial charge in [-0.3, -0.25) is 0 Å². The van der Waals surface area contributed by atoms with Gasteiger partial charge in [-0.25, -0.2) is 4.98 Å². The monoisotopic (exact) mass is 208 g/mol. The lowest BCUT2D eigenvalue weighted by molar-refractivity contribution is 0.652. The van der Waals surface area contributed by atoms with Crippen molar-refractivity contribution in [1.82, 2.24) is 10.3 Å². The maximum absolute atomic E-state index is 5.15. The van der Waals surface area contributed by atoms with Gasteiger partial charge >= 0.3 is 0 Å². The van der Waals surface area contributed by atoms with Crippen LogP contribution in [0.1, 0.15) is 23.5 Å². The molecule has 0 amide bonds. The number of unbranched alkanes of at least 4 members (excludes halogenated alkanes) is 1. The molecule has 76 valence electrons. The summed E-state index contributed by atoms with van der Waals surface area (Å²) in [6.45, 7) is 4.04. The summed E-state index contributed by atoms with van der Waals surface area (Å²) in [5.74, 6) is 2.63. The first kappa shape index (κ1) is 11.2. The number of aryl methyl sites for hydroxylation is 1. The Morgan fingerprint density at radius 1 is 1.57 bits per heavy atom. The molecule has 0 saturated carbocycles. The molecule has 0 bridgehead atoms. The van der Waals surface area contributed by atoms with Gasteiger partial charge in [-0.15, -0.1) is 23.7 Å². The Morgan fingerprint density at radius 3 is 3.07 bits per heavy atom. The largest absolute Gasteiger partial charge is 0.316 e. The molecule has 3 heteroatoms. The number of nitrogens with one attached hydrogen (secondary N) is 1. The van der Waals surface area contributed by atoms with E-state index in [2.05, 4.69) is 21.6 Å². The SMILES string of the molecule is C#CCCCNCCc1csc(C)n1. The van der Waals surface area contributed by atoms with Gasteiger partial charge in [0.2, 0.25) is 0 Å². The number of nitrogens with zero attached hydrogens (tertiary/aromatic N) is 1. The fourth-order valence-corrected chi connectivity index (χ4v) is 1.83. The van der Waals surface area contributed by atoms with E-state index in [4.69, 9.17) is 6.42 Å². The van der Waals surface area contributed by atoms with Crippen LogP contribution in [0.25, 0.3) is 0 Å². The fraction of sp³-hybridized carbons (Fsp3) is 0.545. The van der Waals surface area contributed by atoms with Crippen molar-refractivity contribution >= 4 is 11.3 Å². The van der Waals surface area contributed by atoms with Gasteiger partial charge in [0.05, 0.1) is 10.7 Å². The minimum Gasteiger partial charge on any atom is -0.316 e. The number of hydrogen-bond donors (Lipinski definition) is 1. The Bertz CT molecular complexity index is 298. The molecule has 0 unspecified atom stereocenters. The van der Waals surface area contributed by atoms with Crippen LogP contribution in [-0.4, -0.2) is 18.1 Å². The fourth-order valence-electron chi connectivity index (χ4n) is 1.18. The average molecular weight is 208 g/mol. The van der Waals surface area contributed by atoms with Crippen molar-refractivity contribution in [2.75, 3.05) is 13.1 Å². The molecule has 0 radical (unpaired) electrons. The van der Waals surface area contributed by atoms with Crippen LogP contribution in [-0.2, 0) is 6.42 Å². The number of terminal acetylenes is 1. The lowest BCUT2D eigenvalue weighted by Gasteiger charge is -2.00. The third-order valence-corrected chi connectivity index (χ3v) is 2.72. The predicted octanol–water partition coefficient (Wildman–Crippen LogP) is 2.00. The van der Waals surface area contributed by atoms with Crippen molar-refractivity contribution < 1.29 is 0 Å². The highest BCUT2D eigenvalue weighted by Crippen LogP contribution is 2.07. The minimum atomic E-state index is 0.864. The maximum Gasteiger partial charge on any atom is 0.0897 e. The molecule has 1 aromatic rings. The molecule has 1 N–H and O–H groups in total. The number of aromatic nitrogens is 1. The van der Waals surface area contributed by atoms with Crippen LogP contribution >= 0.6 is 11.3 Å². The lowest BCUT2D eigenvalue weighted by Crippen LogP contribution is -2.18. The highest BCUT2D eigenvalue weighted by Gasteiger charge is 1.96. The van der Waals surface area contributed by atoms with E-state index in [1.807, 2.05) is 6.92 Å². The Morgan fingerprint density at radius 2 is 2.43 bits per heavy atom. The molecule has 1 rings (SSSR count). The van der Waals surface area contributed by atoms with Crippen molar-refractivity contribution in [1.29, 1.82) is 0 Å². The van der Waals surface area contributed by atoms with Gasteiger partial charge in [-0.2, -0.15) is 0 Å². The Kier molecular flexibility index (Phi) is 5.28. The summed E-state index contributed by atoms with van der Waals surface area (Å²) in [4.78, 5) is 4.39. The van der Waals surface area contributed by atoms with E-state index in [1.54, 1.807) is 11.3 Å². The summed E-state index contributed by atoms with van der Waals surface area (Å²) in [5, 5.41) is 6.62. The molecule has 0 aliphatic heterocycles. The van der Waals surface area contributed by atoms with Crippen molar-refractivity contribution in [2.24, 2.45) is 0 Å². The zero-order valence-corrected chi connectivity index (χ0v) is 9.36. The van der Waals surface area contributed by atoms with Gasteiger partial charge in [0.25, 0.3) is 0 Å². The first-order chi connectivity index (χ1) is 6.83. The number of thiazole rings is 1. The molecule has 0 fully saturated rings. The third kappa shape index (κ3) is 4.40. The standard InChI is InChI=1S/C11H16N2S/c1-3-4-5-7-12-8-6-11-9-14-10(2)13-11/h1,9,12H,4-8H2,2H3. The molecule has 1 heterocycles. The molecule has 0 aliphatic rings. The highest BCUT2D eigenvalue weighted by atomic mass is 32.1.